The molecule has 112 valence electrons. The van der Waals surface area contributed by atoms with E-state index in [-0.39, 0.29) is 0 Å². The Morgan fingerprint density at radius 3 is 2.48 bits per heavy atom. The van der Waals surface area contributed by atoms with Crippen molar-refractivity contribution in [3.05, 3.63) is 59.7 Å². The third-order valence-electron chi connectivity index (χ3n) is 3.82. The first kappa shape index (κ1) is 15.4. The van der Waals surface area contributed by atoms with Gasteiger partial charge < -0.3 is 15.4 Å². The first-order valence-corrected chi connectivity index (χ1v) is 7.28. The number of hydrogen-bond donors (Lipinski definition) is 1. The summed E-state index contributed by atoms with van der Waals surface area (Å²) >= 11 is 0. The molecule has 0 saturated heterocycles. The van der Waals surface area contributed by atoms with E-state index in [1.807, 2.05) is 18.2 Å². The van der Waals surface area contributed by atoms with Gasteiger partial charge in [-0.05, 0) is 35.7 Å². The number of anilines is 1. The summed E-state index contributed by atoms with van der Waals surface area (Å²) in [6.45, 7) is 3.70. The fourth-order valence-electron chi connectivity index (χ4n) is 2.30. The van der Waals surface area contributed by atoms with Gasteiger partial charge in [0.25, 0.3) is 0 Å². The van der Waals surface area contributed by atoms with Crippen LogP contribution < -0.4 is 15.4 Å². The Labute approximate surface area is 127 Å². The van der Waals surface area contributed by atoms with E-state index in [0.29, 0.717) is 12.5 Å². The van der Waals surface area contributed by atoms with E-state index in [9.17, 15) is 0 Å². The SMILES string of the molecule is COc1cccc(N(C)Cc2ccc(C(C)CN)cc2)c1. The predicted octanol–water partition coefficient (Wildman–Crippen LogP) is 3.39. The topological polar surface area (TPSA) is 38.5 Å². The van der Waals surface area contributed by atoms with Crippen LogP contribution in [0.5, 0.6) is 5.75 Å². The molecule has 2 rings (SSSR count). The van der Waals surface area contributed by atoms with Gasteiger partial charge >= 0.3 is 0 Å². The minimum Gasteiger partial charge on any atom is -0.497 e. The smallest absolute Gasteiger partial charge is 0.120 e. The summed E-state index contributed by atoms with van der Waals surface area (Å²) in [6.07, 6.45) is 0. The van der Waals surface area contributed by atoms with Gasteiger partial charge in [-0.1, -0.05) is 37.3 Å². The highest BCUT2D eigenvalue weighted by atomic mass is 16.5. The Morgan fingerprint density at radius 2 is 1.86 bits per heavy atom. The standard InChI is InChI=1S/C18H24N2O/c1-14(12-19)16-9-7-15(8-10-16)13-20(2)17-5-4-6-18(11-17)21-3/h4-11,14H,12-13,19H2,1-3H3. The van der Waals surface area contributed by atoms with E-state index in [1.165, 1.54) is 11.1 Å². The van der Waals surface area contributed by atoms with Crippen LogP contribution in [-0.4, -0.2) is 20.7 Å². The highest BCUT2D eigenvalue weighted by molar-refractivity contribution is 5.50. The maximum absolute atomic E-state index is 5.71. The van der Waals surface area contributed by atoms with Crippen LogP contribution in [0.3, 0.4) is 0 Å². The van der Waals surface area contributed by atoms with Crippen molar-refractivity contribution in [3.8, 4) is 5.75 Å². The summed E-state index contributed by atoms with van der Waals surface area (Å²) in [5, 5.41) is 0. The lowest BCUT2D eigenvalue weighted by atomic mass is 10.00. The molecule has 0 aliphatic heterocycles. The fraction of sp³-hybridized carbons (Fsp3) is 0.333. The molecule has 1 atom stereocenters. The highest BCUT2D eigenvalue weighted by Gasteiger charge is 2.06. The van der Waals surface area contributed by atoms with Crippen LogP contribution >= 0.6 is 0 Å². The molecule has 2 aromatic carbocycles. The Hall–Kier alpha value is -2.00. The van der Waals surface area contributed by atoms with Crippen molar-refractivity contribution in [3.63, 3.8) is 0 Å². The van der Waals surface area contributed by atoms with Crippen molar-refractivity contribution in [2.75, 3.05) is 25.6 Å². The minimum absolute atomic E-state index is 0.412. The molecule has 0 saturated carbocycles. The van der Waals surface area contributed by atoms with Crippen LogP contribution in [0.15, 0.2) is 48.5 Å². The Balaban J connectivity index is 2.06. The zero-order valence-electron chi connectivity index (χ0n) is 13.0. The molecule has 0 amide bonds. The molecule has 0 fully saturated rings. The van der Waals surface area contributed by atoms with E-state index in [2.05, 4.69) is 49.2 Å². The molecule has 0 spiro atoms. The van der Waals surface area contributed by atoms with Crippen molar-refractivity contribution < 1.29 is 4.74 Å². The Bertz CT molecular complexity index is 566. The van der Waals surface area contributed by atoms with Gasteiger partial charge in [-0.25, -0.2) is 0 Å². The Morgan fingerprint density at radius 1 is 1.14 bits per heavy atom. The minimum atomic E-state index is 0.412. The van der Waals surface area contributed by atoms with Gasteiger partial charge in [0, 0.05) is 25.3 Å². The number of nitrogens with zero attached hydrogens (tertiary/aromatic N) is 1. The number of nitrogens with two attached hydrogens (primary N) is 1. The lowest BCUT2D eigenvalue weighted by Crippen LogP contribution is -2.16. The predicted molar refractivity (Wildman–Crippen MR) is 89.0 cm³/mol. The first-order chi connectivity index (χ1) is 10.1. The average Bonchev–Trinajstić information content (AvgIpc) is 2.54. The molecule has 2 aromatic rings. The molecule has 0 bridgehead atoms. The third-order valence-corrected chi connectivity index (χ3v) is 3.82. The van der Waals surface area contributed by atoms with Crippen LogP contribution in [0.2, 0.25) is 0 Å². The highest BCUT2D eigenvalue weighted by Crippen LogP contribution is 2.22. The molecular formula is C18H24N2O. The summed E-state index contributed by atoms with van der Waals surface area (Å²) in [6, 6.07) is 16.8. The van der Waals surface area contributed by atoms with Crippen molar-refractivity contribution in [1.29, 1.82) is 0 Å². The van der Waals surface area contributed by atoms with E-state index in [0.717, 1.165) is 18.0 Å². The van der Waals surface area contributed by atoms with Crippen molar-refractivity contribution in [2.24, 2.45) is 5.73 Å². The van der Waals surface area contributed by atoms with E-state index in [4.69, 9.17) is 10.5 Å². The second-order valence-corrected chi connectivity index (χ2v) is 5.44. The van der Waals surface area contributed by atoms with Gasteiger partial charge in [0.05, 0.1) is 7.11 Å². The molecule has 0 aliphatic rings. The summed E-state index contributed by atoms with van der Waals surface area (Å²) in [5.41, 5.74) is 9.44. The molecule has 0 aliphatic carbocycles. The number of benzene rings is 2. The zero-order valence-corrected chi connectivity index (χ0v) is 13.0. The maximum Gasteiger partial charge on any atom is 0.120 e. The van der Waals surface area contributed by atoms with Crippen LogP contribution in [0.1, 0.15) is 24.0 Å². The van der Waals surface area contributed by atoms with Crippen LogP contribution in [0.25, 0.3) is 0 Å². The normalized spacial score (nSPS) is 12.0. The summed E-state index contributed by atoms with van der Waals surface area (Å²) in [5.74, 6) is 1.29. The van der Waals surface area contributed by atoms with Crippen LogP contribution in [0, 0.1) is 0 Å². The molecule has 0 heterocycles. The van der Waals surface area contributed by atoms with Crippen molar-refractivity contribution in [2.45, 2.75) is 19.4 Å². The monoisotopic (exact) mass is 284 g/mol. The Kier molecular flexibility index (Phi) is 5.23. The third kappa shape index (κ3) is 3.99. The average molecular weight is 284 g/mol. The largest absolute Gasteiger partial charge is 0.497 e. The molecule has 1 unspecified atom stereocenters. The van der Waals surface area contributed by atoms with E-state index in [1.54, 1.807) is 7.11 Å². The zero-order chi connectivity index (χ0) is 15.2. The maximum atomic E-state index is 5.71. The first-order valence-electron chi connectivity index (χ1n) is 7.28. The summed E-state index contributed by atoms with van der Waals surface area (Å²) in [7, 11) is 3.78. The van der Waals surface area contributed by atoms with E-state index >= 15 is 0 Å². The van der Waals surface area contributed by atoms with Crippen molar-refractivity contribution in [1.82, 2.24) is 0 Å². The van der Waals surface area contributed by atoms with Crippen LogP contribution in [-0.2, 0) is 6.54 Å². The number of methoxy groups -OCH3 is 1. The molecule has 3 heteroatoms. The number of hydrogen-bond acceptors (Lipinski definition) is 3. The van der Waals surface area contributed by atoms with Gasteiger partial charge in [0.1, 0.15) is 5.75 Å². The lowest BCUT2D eigenvalue weighted by Gasteiger charge is -2.20. The van der Waals surface area contributed by atoms with E-state index < -0.39 is 0 Å². The van der Waals surface area contributed by atoms with Gasteiger partial charge in [0.2, 0.25) is 0 Å². The molecular weight excluding hydrogens is 260 g/mol. The molecule has 0 radical (unpaired) electrons. The molecule has 3 nitrogen and oxygen atoms in total. The van der Waals surface area contributed by atoms with Gasteiger partial charge in [-0.3, -0.25) is 0 Å². The van der Waals surface area contributed by atoms with Gasteiger partial charge in [0.15, 0.2) is 0 Å². The number of rotatable bonds is 6. The molecule has 2 N–H and O–H groups in total. The molecule has 21 heavy (non-hydrogen) atoms. The quantitative estimate of drug-likeness (QED) is 0.883. The second kappa shape index (κ2) is 7.14. The summed E-state index contributed by atoms with van der Waals surface area (Å²) < 4.78 is 5.27. The fourth-order valence-corrected chi connectivity index (χ4v) is 2.30. The number of ether oxygens (including phenoxy) is 1. The second-order valence-electron chi connectivity index (χ2n) is 5.44. The van der Waals surface area contributed by atoms with Crippen molar-refractivity contribution >= 4 is 5.69 Å². The molecule has 0 aromatic heterocycles. The summed E-state index contributed by atoms with van der Waals surface area (Å²) in [4.78, 5) is 2.21. The lowest BCUT2D eigenvalue weighted by molar-refractivity contribution is 0.415. The van der Waals surface area contributed by atoms with Gasteiger partial charge in [-0.2, -0.15) is 0 Å². The van der Waals surface area contributed by atoms with Crippen LogP contribution in [0.4, 0.5) is 5.69 Å². The van der Waals surface area contributed by atoms with Gasteiger partial charge in [-0.15, -0.1) is 0 Å².